The normalized spacial score (nSPS) is 22.6. The first-order valence-corrected chi connectivity index (χ1v) is 8.45. The number of rotatable bonds is 0. The molecule has 1 saturated heterocycles. The molecule has 1 aromatic heterocycles. The van der Waals surface area contributed by atoms with Crippen LogP contribution in [0.25, 0.3) is 10.9 Å². The van der Waals surface area contributed by atoms with E-state index in [0.717, 1.165) is 40.7 Å². The molecule has 110 valence electrons. The van der Waals surface area contributed by atoms with Gasteiger partial charge in [-0.05, 0) is 37.6 Å². The fourth-order valence-corrected chi connectivity index (χ4v) is 4.00. The molecule has 4 nitrogen and oxygen atoms in total. The zero-order chi connectivity index (χ0) is 14.4. The van der Waals surface area contributed by atoms with E-state index in [1.54, 1.807) is 0 Å². The van der Waals surface area contributed by atoms with Crippen LogP contribution in [0.1, 0.15) is 25.1 Å². The van der Waals surface area contributed by atoms with Gasteiger partial charge in [0, 0.05) is 30.0 Å². The monoisotopic (exact) mass is 347 g/mol. The van der Waals surface area contributed by atoms with Crippen LogP contribution in [0.2, 0.25) is 0 Å². The molecule has 5 heteroatoms. The quantitative estimate of drug-likeness (QED) is 0.735. The molecule has 0 spiro atoms. The molecule has 0 saturated carbocycles. The van der Waals surface area contributed by atoms with Gasteiger partial charge in [0.2, 0.25) is 0 Å². The van der Waals surface area contributed by atoms with Crippen molar-refractivity contribution in [3.05, 3.63) is 38.9 Å². The summed E-state index contributed by atoms with van der Waals surface area (Å²) in [5, 5.41) is 0.724. The van der Waals surface area contributed by atoms with Crippen LogP contribution in [0.5, 0.6) is 0 Å². The summed E-state index contributed by atoms with van der Waals surface area (Å²) in [6.45, 7) is 2.91. The SMILES string of the molecule is O=c1c2ccc(Br)cc2nc2n1CCN1CCCCC1C2. The van der Waals surface area contributed by atoms with Gasteiger partial charge in [-0.25, -0.2) is 4.98 Å². The van der Waals surface area contributed by atoms with Crippen LogP contribution in [0.3, 0.4) is 0 Å². The van der Waals surface area contributed by atoms with E-state index in [-0.39, 0.29) is 5.56 Å². The number of fused-ring (bicyclic) bond motifs is 3. The highest BCUT2D eigenvalue weighted by atomic mass is 79.9. The van der Waals surface area contributed by atoms with Gasteiger partial charge < -0.3 is 0 Å². The van der Waals surface area contributed by atoms with Crippen molar-refractivity contribution in [3.63, 3.8) is 0 Å². The van der Waals surface area contributed by atoms with Gasteiger partial charge in [-0.15, -0.1) is 0 Å². The highest BCUT2D eigenvalue weighted by Gasteiger charge is 2.27. The number of halogens is 1. The minimum absolute atomic E-state index is 0.113. The lowest BCUT2D eigenvalue weighted by atomic mass is 9.99. The van der Waals surface area contributed by atoms with Gasteiger partial charge in [-0.2, -0.15) is 0 Å². The van der Waals surface area contributed by atoms with Gasteiger partial charge in [-0.3, -0.25) is 14.3 Å². The Bertz CT molecular complexity index is 755. The lowest BCUT2D eigenvalue weighted by Gasteiger charge is -2.33. The molecular formula is C16H18BrN3O. The van der Waals surface area contributed by atoms with Gasteiger partial charge in [0.1, 0.15) is 5.82 Å². The molecule has 2 aliphatic rings. The van der Waals surface area contributed by atoms with Crippen molar-refractivity contribution in [2.45, 2.75) is 38.3 Å². The second kappa shape index (κ2) is 5.21. The number of piperidine rings is 1. The van der Waals surface area contributed by atoms with Crippen molar-refractivity contribution in [2.75, 3.05) is 13.1 Å². The summed E-state index contributed by atoms with van der Waals surface area (Å²) in [5.41, 5.74) is 0.923. The Morgan fingerprint density at radius 1 is 1.19 bits per heavy atom. The van der Waals surface area contributed by atoms with Crippen LogP contribution >= 0.6 is 15.9 Å². The maximum atomic E-state index is 12.7. The highest BCUT2D eigenvalue weighted by Crippen LogP contribution is 2.23. The van der Waals surface area contributed by atoms with E-state index in [1.807, 2.05) is 22.8 Å². The van der Waals surface area contributed by atoms with Crippen LogP contribution < -0.4 is 5.56 Å². The Labute approximate surface area is 131 Å². The first-order valence-electron chi connectivity index (χ1n) is 7.65. The summed E-state index contributed by atoms with van der Waals surface area (Å²) in [7, 11) is 0. The molecule has 0 N–H and O–H groups in total. The lowest BCUT2D eigenvalue weighted by molar-refractivity contribution is 0.152. The predicted molar refractivity (Wildman–Crippen MR) is 86.6 cm³/mol. The van der Waals surface area contributed by atoms with Gasteiger partial charge in [-0.1, -0.05) is 22.4 Å². The van der Waals surface area contributed by atoms with Crippen molar-refractivity contribution in [1.29, 1.82) is 0 Å². The largest absolute Gasteiger partial charge is 0.298 e. The molecule has 1 atom stereocenters. The fourth-order valence-electron chi connectivity index (χ4n) is 3.65. The summed E-state index contributed by atoms with van der Waals surface area (Å²) in [6.07, 6.45) is 4.71. The predicted octanol–water partition coefficient (Wildman–Crippen LogP) is 2.57. The summed E-state index contributed by atoms with van der Waals surface area (Å²) >= 11 is 3.47. The molecule has 0 amide bonds. The molecule has 1 fully saturated rings. The van der Waals surface area contributed by atoms with Crippen LogP contribution in [-0.4, -0.2) is 33.6 Å². The Kier molecular flexibility index (Phi) is 3.34. The minimum Gasteiger partial charge on any atom is -0.298 e. The molecule has 3 heterocycles. The second-order valence-corrected chi connectivity index (χ2v) is 6.95. The summed E-state index contributed by atoms with van der Waals surface area (Å²) < 4.78 is 2.87. The van der Waals surface area contributed by atoms with Gasteiger partial charge in [0.15, 0.2) is 0 Å². The maximum Gasteiger partial charge on any atom is 0.261 e. The number of hydrogen-bond acceptors (Lipinski definition) is 3. The van der Waals surface area contributed by atoms with Gasteiger partial charge >= 0.3 is 0 Å². The smallest absolute Gasteiger partial charge is 0.261 e. The number of aromatic nitrogens is 2. The van der Waals surface area contributed by atoms with E-state index in [2.05, 4.69) is 20.8 Å². The molecule has 21 heavy (non-hydrogen) atoms. The van der Waals surface area contributed by atoms with E-state index >= 15 is 0 Å². The molecular weight excluding hydrogens is 330 g/mol. The first kappa shape index (κ1) is 13.5. The summed E-state index contributed by atoms with van der Waals surface area (Å²) in [6, 6.07) is 6.30. The Morgan fingerprint density at radius 3 is 3.00 bits per heavy atom. The van der Waals surface area contributed by atoms with E-state index in [1.165, 1.54) is 25.8 Å². The molecule has 1 unspecified atom stereocenters. The van der Waals surface area contributed by atoms with Crippen LogP contribution in [0, 0.1) is 0 Å². The zero-order valence-electron chi connectivity index (χ0n) is 11.9. The van der Waals surface area contributed by atoms with Gasteiger partial charge in [0.25, 0.3) is 5.56 Å². The molecule has 1 aromatic carbocycles. The molecule has 2 aliphatic heterocycles. The van der Waals surface area contributed by atoms with Crippen LogP contribution in [0.15, 0.2) is 27.5 Å². The van der Waals surface area contributed by atoms with E-state index in [9.17, 15) is 4.79 Å². The number of nitrogens with zero attached hydrogens (tertiary/aromatic N) is 3. The van der Waals surface area contributed by atoms with Crippen molar-refractivity contribution >= 4 is 26.8 Å². The van der Waals surface area contributed by atoms with E-state index < -0.39 is 0 Å². The standard InChI is InChI=1S/C16H18BrN3O/c17-11-4-5-13-14(9-11)18-15-10-12-3-1-2-6-19(12)7-8-20(15)16(13)21/h4-5,9,12H,1-3,6-8,10H2. The zero-order valence-corrected chi connectivity index (χ0v) is 13.5. The highest BCUT2D eigenvalue weighted by molar-refractivity contribution is 9.10. The number of hydrogen-bond donors (Lipinski definition) is 0. The Hall–Kier alpha value is -1.20. The number of benzene rings is 1. The first-order chi connectivity index (χ1) is 10.2. The average molecular weight is 348 g/mol. The third-order valence-electron chi connectivity index (χ3n) is 4.77. The molecule has 0 radical (unpaired) electrons. The fraction of sp³-hybridized carbons (Fsp3) is 0.500. The topological polar surface area (TPSA) is 38.1 Å². The third-order valence-corrected chi connectivity index (χ3v) is 5.27. The maximum absolute atomic E-state index is 12.7. The van der Waals surface area contributed by atoms with Crippen molar-refractivity contribution in [2.24, 2.45) is 0 Å². The van der Waals surface area contributed by atoms with Crippen molar-refractivity contribution in [1.82, 2.24) is 14.5 Å². The Morgan fingerprint density at radius 2 is 2.10 bits per heavy atom. The summed E-state index contributed by atoms with van der Waals surface area (Å²) in [5.74, 6) is 0.958. The second-order valence-electron chi connectivity index (χ2n) is 6.04. The Balaban J connectivity index is 1.86. The van der Waals surface area contributed by atoms with Crippen molar-refractivity contribution < 1.29 is 0 Å². The minimum atomic E-state index is 0.113. The molecule has 2 aromatic rings. The lowest BCUT2D eigenvalue weighted by Crippen LogP contribution is -2.40. The van der Waals surface area contributed by atoms with Gasteiger partial charge in [0.05, 0.1) is 10.9 Å². The average Bonchev–Trinajstić information content (AvgIpc) is 2.66. The molecule has 4 rings (SSSR count). The molecule has 0 aliphatic carbocycles. The van der Waals surface area contributed by atoms with Crippen molar-refractivity contribution in [3.8, 4) is 0 Å². The van der Waals surface area contributed by atoms with E-state index in [0.29, 0.717) is 6.04 Å². The van der Waals surface area contributed by atoms with Crippen LogP contribution in [0.4, 0.5) is 0 Å². The molecule has 0 bridgehead atoms. The third kappa shape index (κ3) is 2.32. The van der Waals surface area contributed by atoms with E-state index in [4.69, 9.17) is 4.98 Å². The van der Waals surface area contributed by atoms with Crippen LogP contribution in [-0.2, 0) is 13.0 Å². The summed E-state index contributed by atoms with van der Waals surface area (Å²) in [4.78, 5) is 20.1.